The summed E-state index contributed by atoms with van der Waals surface area (Å²) in [5, 5.41) is 0. The van der Waals surface area contributed by atoms with Crippen LogP contribution in [0.3, 0.4) is 0 Å². The highest BCUT2D eigenvalue weighted by molar-refractivity contribution is 7.89. The highest BCUT2D eigenvalue weighted by Crippen LogP contribution is 2.40. The second kappa shape index (κ2) is 6.89. The van der Waals surface area contributed by atoms with Gasteiger partial charge in [-0.3, -0.25) is 0 Å². The zero-order valence-corrected chi connectivity index (χ0v) is 14.4. The van der Waals surface area contributed by atoms with Gasteiger partial charge in [-0.2, -0.15) is 4.31 Å². The fourth-order valence-corrected chi connectivity index (χ4v) is 4.97. The summed E-state index contributed by atoms with van der Waals surface area (Å²) in [5.41, 5.74) is -0.148. The van der Waals surface area contributed by atoms with Gasteiger partial charge in [0.05, 0.1) is 23.2 Å². The predicted octanol–water partition coefficient (Wildman–Crippen LogP) is 2.43. The molecular weight excluding hydrogens is 314 g/mol. The van der Waals surface area contributed by atoms with Crippen molar-refractivity contribution in [2.75, 3.05) is 26.3 Å². The highest BCUT2D eigenvalue weighted by Gasteiger charge is 2.44. The standard InChI is InChI=1S/C17H25NO4S/c1-2-21-14-15-8-9-17(22-15)10-12-18(13-11-17)23(19,20)16-6-4-3-5-7-16/h3-7,15H,2,8-14H2,1H3. The molecule has 1 atom stereocenters. The maximum absolute atomic E-state index is 12.7. The number of rotatable bonds is 5. The van der Waals surface area contributed by atoms with Crippen LogP contribution < -0.4 is 0 Å². The number of hydrogen-bond acceptors (Lipinski definition) is 4. The van der Waals surface area contributed by atoms with Crippen molar-refractivity contribution in [3.63, 3.8) is 0 Å². The summed E-state index contributed by atoms with van der Waals surface area (Å²) in [5.74, 6) is 0. The molecule has 2 saturated heterocycles. The van der Waals surface area contributed by atoms with Crippen molar-refractivity contribution in [3.05, 3.63) is 30.3 Å². The first-order valence-corrected chi connectivity index (χ1v) is 9.80. The number of ether oxygens (including phenoxy) is 2. The number of piperidine rings is 1. The number of hydrogen-bond donors (Lipinski definition) is 0. The average molecular weight is 339 g/mol. The van der Waals surface area contributed by atoms with Crippen LogP contribution in [0.2, 0.25) is 0 Å². The Morgan fingerprint density at radius 3 is 2.57 bits per heavy atom. The molecule has 1 spiro atoms. The minimum absolute atomic E-state index is 0.148. The van der Waals surface area contributed by atoms with E-state index in [2.05, 4.69) is 0 Å². The molecular formula is C17H25NO4S. The number of sulfonamides is 1. The van der Waals surface area contributed by atoms with Crippen LogP contribution in [0.15, 0.2) is 35.2 Å². The van der Waals surface area contributed by atoms with Crippen molar-refractivity contribution in [3.8, 4) is 0 Å². The molecule has 23 heavy (non-hydrogen) atoms. The number of nitrogens with zero attached hydrogens (tertiary/aromatic N) is 1. The molecule has 1 aromatic rings. The molecule has 6 heteroatoms. The second-order valence-electron chi connectivity index (χ2n) is 6.34. The Kier molecular flexibility index (Phi) is 5.06. The van der Waals surface area contributed by atoms with Gasteiger partial charge in [-0.15, -0.1) is 0 Å². The molecule has 2 heterocycles. The predicted molar refractivity (Wildman–Crippen MR) is 87.8 cm³/mol. The fraction of sp³-hybridized carbons (Fsp3) is 0.647. The maximum Gasteiger partial charge on any atom is 0.243 e. The summed E-state index contributed by atoms with van der Waals surface area (Å²) in [4.78, 5) is 0.373. The minimum Gasteiger partial charge on any atom is -0.379 e. The van der Waals surface area contributed by atoms with Gasteiger partial charge >= 0.3 is 0 Å². The Balaban J connectivity index is 1.61. The van der Waals surface area contributed by atoms with Gasteiger partial charge in [-0.1, -0.05) is 18.2 Å². The first-order chi connectivity index (χ1) is 11.1. The van der Waals surface area contributed by atoms with Crippen molar-refractivity contribution >= 4 is 10.0 Å². The van der Waals surface area contributed by atoms with Gasteiger partial charge in [0.15, 0.2) is 0 Å². The van der Waals surface area contributed by atoms with Crippen LogP contribution in [0.25, 0.3) is 0 Å². The Hall–Kier alpha value is -0.950. The lowest BCUT2D eigenvalue weighted by Crippen LogP contribution is -2.46. The van der Waals surface area contributed by atoms with Crippen molar-refractivity contribution < 1.29 is 17.9 Å². The minimum atomic E-state index is -3.38. The van der Waals surface area contributed by atoms with Gasteiger partial charge < -0.3 is 9.47 Å². The smallest absolute Gasteiger partial charge is 0.243 e. The third kappa shape index (κ3) is 3.60. The van der Waals surface area contributed by atoms with E-state index in [9.17, 15) is 8.42 Å². The van der Waals surface area contributed by atoms with E-state index >= 15 is 0 Å². The zero-order valence-electron chi connectivity index (χ0n) is 13.6. The molecule has 5 nitrogen and oxygen atoms in total. The molecule has 2 aliphatic heterocycles. The van der Waals surface area contributed by atoms with Crippen LogP contribution in [-0.2, 0) is 19.5 Å². The average Bonchev–Trinajstić information content (AvgIpc) is 2.97. The molecule has 0 aromatic heterocycles. The summed E-state index contributed by atoms with van der Waals surface area (Å²) in [6.07, 6.45) is 3.70. The van der Waals surface area contributed by atoms with Crippen LogP contribution in [0.4, 0.5) is 0 Å². The van der Waals surface area contributed by atoms with Gasteiger partial charge in [0.1, 0.15) is 0 Å². The summed E-state index contributed by atoms with van der Waals surface area (Å²) < 4.78 is 38.6. The van der Waals surface area contributed by atoms with Crippen LogP contribution in [0.5, 0.6) is 0 Å². The van der Waals surface area contributed by atoms with Crippen LogP contribution in [-0.4, -0.2) is 50.7 Å². The van der Waals surface area contributed by atoms with Crippen LogP contribution in [0, 0.1) is 0 Å². The SMILES string of the molecule is CCOCC1CCC2(CCN(S(=O)(=O)c3ccccc3)CC2)O1. The number of benzene rings is 1. The first kappa shape index (κ1) is 16.9. The third-order valence-electron chi connectivity index (χ3n) is 4.86. The molecule has 0 N–H and O–H groups in total. The van der Waals surface area contributed by atoms with Gasteiger partial charge in [0, 0.05) is 19.7 Å². The molecule has 2 fully saturated rings. The lowest BCUT2D eigenvalue weighted by molar-refractivity contribution is -0.0900. The lowest BCUT2D eigenvalue weighted by atomic mass is 9.89. The molecule has 2 aliphatic rings. The fourth-order valence-electron chi connectivity index (χ4n) is 3.51. The Morgan fingerprint density at radius 2 is 1.91 bits per heavy atom. The molecule has 1 unspecified atom stereocenters. The lowest BCUT2D eigenvalue weighted by Gasteiger charge is -2.38. The zero-order chi connectivity index (χ0) is 16.3. The van der Waals surface area contributed by atoms with Crippen molar-refractivity contribution in [1.82, 2.24) is 4.31 Å². The van der Waals surface area contributed by atoms with Crippen LogP contribution in [0.1, 0.15) is 32.6 Å². The normalized spacial score (nSPS) is 25.0. The van der Waals surface area contributed by atoms with E-state index in [0.717, 1.165) is 25.7 Å². The van der Waals surface area contributed by atoms with E-state index < -0.39 is 10.0 Å². The van der Waals surface area contributed by atoms with Crippen LogP contribution >= 0.6 is 0 Å². The highest BCUT2D eigenvalue weighted by atomic mass is 32.2. The van der Waals surface area contributed by atoms with Gasteiger partial charge in [0.2, 0.25) is 10.0 Å². The Morgan fingerprint density at radius 1 is 1.22 bits per heavy atom. The van der Waals surface area contributed by atoms with Crippen molar-refractivity contribution in [1.29, 1.82) is 0 Å². The van der Waals surface area contributed by atoms with E-state index in [1.807, 2.05) is 13.0 Å². The van der Waals surface area contributed by atoms with Crippen molar-refractivity contribution in [2.45, 2.75) is 49.2 Å². The molecule has 0 amide bonds. The molecule has 0 bridgehead atoms. The summed E-state index contributed by atoms with van der Waals surface area (Å²) in [7, 11) is -3.38. The molecule has 0 aliphatic carbocycles. The summed E-state index contributed by atoms with van der Waals surface area (Å²) in [6, 6.07) is 8.66. The van der Waals surface area contributed by atoms with E-state index in [0.29, 0.717) is 31.2 Å². The molecule has 128 valence electrons. The monoisotopic (exact) mass is 339 g/mol. The van der Waals surface area contributed by atoms with E-state index in [1.165, 1.54) is 0 Å². The first-order valence-electron chi connectivity index (χ1n) is 8.36. The third-order valence-corrected chi connectivity index (χ3v) is 6.77. The summed E-state index contributed by atoms with van der Waals surface area (Å²) >= 11 is 0. The van der Waals surface area contributed by atoms with Gasteiger partial charge in [-0.25, -0.2) is 8.42 Å². The van der Waals surface area contributed by atoms with E-state index in [4.69, 9.17) is 9.47 Å². The maximum atomic E-state index is 12.7. The van der Waals surface area contributed by atoms with Gasteiger partial charge in [0.25, 0.3) is 0 Å². The molecule has 0 saturated carbocycles. The molecule has 1 aromatic carbocycles. The summed E-state index contributed by atoms with van der Waals surface area (Å²) in [6.45, 7) is 4.38. The Labute approximate surface area is 138 Å². The van der Waals surface area contributed by atoms with E-state index in [-0.39, 0.29) is 11.7 Å². The molecule has 0 radical (unpaired) electrons. The quantitative estimate of drug-likeness (QED) is 0.827. The van der Waals surface area contributed by atoms with Crippen molar-refractivity contribution in [2.24, 2.45) is 0 Å². The van der Waals surface area contributed by atoms with Gasteiger partial charge in [-0.05, 0) is 44.7 Å². The molecule has 3 rings (SSSR count). The second-order valence-corrected chi connectivity index (χ2v) is 8.28. The topological polar surface area (TPSA) is 55.8 Å². The largest absolute Gasteiger partial charge is 0.379 e. The van der Waals surface area contributed by atoms with E-state index in [1.54, 1.807) is 28.6 Å². The Bertz CT molecular complexity index is 609.